The van der Waals surface area contributed by atoms with Crippen molar-refractivity contribution in [2.75, 3.05) is 13.2 Å². The van der Waals surface area contributed by atoms with Gasteiger partial charge in [-0.05, 0) is 75.2 Å². The van der Waals surface area contributed by atoms with Crippen molar-refractivity contribution in [3.8, 4) is 11.5 Å². The summed E-state index contributed by atoms with van der Waals surface area (Å²) in [6, 6.07) is 14.5. The van der Waals surface area contributed by atoms with E-state index in [0.29, 0.717) is 24.3 Å². The Bertz CT molecular complexity index is 733. The summed E-state index contributed by atoms with van der Waals surface area (Å²) in [5.74, 6) is 1.67. The van der Waals surface area contributed by atoms with E-state index in [2.05, 4.69) is 31.9 Å². The van der Waals surface area contributed by atoms with Crippen molar-refractivity contribution in [1.29, 1.82) is 0 Å². The third kappa shape index (κ3) is 7.55. The van der Waals surface area contributed by atoms with E-state index in [1.54, 1.807) is 24.3 Å². The molecule has 0 aliphatic rings. The highest BCUT2D eigenvalue weighted by Gasteiger charge is 2.19. The number of carbonyl (C=O) groups excluding carboxylic acids is 2. The molecule has 162 valence electrons. The van der Waals surface area contributed by atoms with Crippen LogP contribution >= 0.6 is 31.9 Å². The van der Waals surface area contributed by atoms with Crippen molar-refractivity contribution in [3.63, 3.8) is 0 Å². The molecule has 2 aromatic rings. The van der Waals surface area contributed by atoms with E-state index in [1.165, 1.54) is 0 Å². The van der Waals surface area contributed by atoms with Crippen molar-refractivity contribution in [3.05, 3.63) is 59.7 Å². The summed E-state index contributed by atoms with van der Waals surface area (Å²) in [6.07, 6.45) is 3.17. The molecule has 0 aliphatic carbocycles. The van der Waals surface area contributed by atoms with Crippen molar-refractivity contribution in [1.82, 2.24) is 0 Å². The predicted octanol–water partition coefficient (Wildman–Crippen LogP) is 6.64. The molecular weight excluding hydrogens is 512 g/mol. The molecule has 2 unspecified atom stereocenters. The maximum absolute atomic E-state index is 12.5. The van der Waals surface area contributed by atoms with Gasteiger partial charge in [0.2, 0.25) is 0 Å². The molecule has 0 heterocycles. The number of ether oxygens (including phenoxy) is 2. The van der Waals surface area contributed by atoms with Gasteiger partial charge in [0.15, 0.2) is 11.6 Å². The third-order valence-corrected chi connectivity index (χ3v) is 6.38. The van der Waals surface area contributed by atoms with E-state index < -0.39 is 0 Å². The lowest BCUT2D eigenvalue weighted by atomic mass is 10.0. The second-order valence-corrected chi connectivity index (χ2v) is 9.07. The van der Waals surface area contributed by atoms with Crippen molar-refractivity contribution < 1.29 is 19.1 Å². The number of rotatable bonds is 13. The molecule has 2 atom stereocenters. The highest BCUT2D eigenvalue weighted by molar-refractivity contribution is 9.10. The topological polar surface area (TPSA) is 52.6 Å². The van der Waals surface area contributed by atoms with Crippen LogP contribution in [-0.4, -0.2) is 34.4 Å². The van der Waals surface area contributed by atoms with Crippen LogP contribution in [0.2, 0.25) is 0 Å². The molecule has 0 N–H and O–H groups in total. The van der Waals surface area contributed by atoms with Gasteiger partial charge >= 0.3 is 0 Å². The maximum Gasteiger partial charge on any atom is 0.176 e. The lowest BCUT2D eigenvalue weighted by Crippen LogP contribution is -2.16. The van der Waals surface area contributed by atoms with Gasteiger partial charge in [0.05, 0.1) is 22.9 Å². The highest BCUT2D eigenvalue weighted by Crippen LogP contribution is 2.22. The van der Waals surface area contributed by atoms with E-state index in [0.717, 1.165) is 37.2 Å². The molecule has 0 spiro atoms. The zero-order valence-electron chi connectivity index (χ0n) is 17.4. The van der Waals surface area contributed by atoms with Gasteiger partial charge in [0, 0.05) is 11.1 Å². The number of halogens is 2. The quantitative estimate of drug-likeness (QED) is 0.163. The second-order valence-electron chi connectivity index (χ2n) is 6.86. The number of alkyl halides is 2. The van der Waals surface area contributed by atoms with Gasteiger partial charge in [0.1, 0.15) is 11.5 Å². The van der Waals surface area contributed by atoms with Crippen LogP contribution in [0.3, 0.4) is 0 Å². The van der Waals surface area contributed by atoms with Crippen LogP contribution in [0, 0.1) is 0 Å². The van der Waals surface area contributed by atoms with E-state index >= 15 is 0 Å². The fourth-order valence-electron chi connectivity index (χ4n) is 3.04. The molecule has 0 fully saturated rings. The molecular formula is C24H28Br2O4. The van der Waals surface area contributed by atoms with E-state index in [-0.39, 0.29) is 21.2 Å². The SMILES string of the molecule is CCOc1ccc(C(=O)C(Br)CCCCC(Br)C(=O)c2ccc(OCC)cc2)cc1. The van der Waals surface area contributed by atoms with Crippen molar-refractivity contribution in [2.45, 2.75) is 49.2 Å². The normalized spacial score (nSPS) is 12.8. The Labute approximate surface area is 195 Å². The largest absolute Gasteiger partial charge is 0.494 e. The van der Waals surface area contributed by atoms with Crippen LogP contribution in [0.4, 0.5) is 0 Å². The van der Waals surface area contributed by atoms with Gasteiger partial charge < -0.3 is 9.47 Å². The zero-order chi connectivity index (χ0) is 21.9. The standard InChI is InChI=1S/C24H28Br2O4/c1-3-29-19-13-9-17(10-14-19)23(27)21(25)7-5-6-8-22(26)24(28)18-11-15-20(16-12-18)30-4-2/h9-16,21-22H,3-8H2,1-2H3. The first-order valence-electron chi connectivity index (χ1n) is 10.3. The Kier molecular flexibility index (Phi) is 10.6. The molecule has 0 saturated carbocycles. The number of Topliss-reactive ketones (excluding diaryl/α,β-unsaturated/α-hetero) is 2. The van der Waals surface area contributed by atoms with Gasteiger partial charge in [-0.15, -0.1) is 0 Å². The number of hydrogen-bond acceptors (Lipinski definition) is 4. The number of ketones is 2. The summed E-state index contributed by atoms with van der Waals surface area (Å²) in [7, 11) is 0. The second kappa shape index (κ2) is 12.9. The van der Waals surface area contributed by atoms with Gasteiger partial charge in [-0.3, -0.25) is 9.59 Å². The Balaban J connectivity index is 1.74. The number of unbranched alkanes of at least 4 members (excludes halogenated alkanes) is 1. The van der Waals surface area contributed by atoms with Crippen LogP contribution in [0.15, 0.2) is 48.5 Å². The summed E-state index contributed by atoms with van der Waals surface area (Å²) in [5.41, 5.74) is 1.34. The molecule has 0 radical (unpaired) electrons. The zero-order valence-corrected chi connectivity index (χ0v) is 20.6. The average molecular weight is 540 g/mol. The molecule has 30 heavy (non-hydrogen) atoms. The van der Waals surface area contributed by atoms with Gasteiger partial charge in [0.25, 0.3) is 0 Å². The minimum atomic E-state index is -0.231. The van der Waals surface area contributed by atoms with E-state index in [9.17, 15) is 9.59 Å². The summed E-state index contributed by atoms with van der Waals surface area (Å²) in [4.78, 5) is 24.6. The molecule has 0 aromatic heterocycles. The number of benzene rings is 2. The number of carbonyl (C=O) groups is 2. The van der Waals surface area contributed by atoms with Crippen LogP contribution in [0.1, 0.15) is 60.2 Å². The Hall–Kier alpha value is -1.66. The fourth-order valence-corrected chi connectivity index (χ4v) is 4.21. The van der Waals surface area contributed by atoms with E-state index in [4.69, 9.17) is 9.47 Å². The molecule has 2 rings (SSSR count). The molecule has 0 amide bonds. The van der Waals surface area contributed by atoms with Crippen LogP contribution in [-0.2, 0) is 0 Å². The summed E-state index contributed by atoms with van der Waals surface area (Å²) in [5, 5.41) is 0. The third-order valence-electron chi connectivity index (χ3n) is 4.63. The lowest BCUT2D eigenvalue weighted by molar-refractivity contribution is 0.0975. The Morgan fingerprint density at radius 2 is 1.03 bits per heavy atom. The first-order valence-corrected chi connectivity index (χ1v) is 12.1. The van der Waals surface area contributed by atoms with Gasteiger partial charge in [-0.1, -0.05) is 44.7 Å². The van der Waals surface area contributed by atoms with Gasteiger partial charge in [-0.25, -0.2) is 0 Å². The van der Waals surface area contributed by atoms with Crippen LogP contribution in [0.25, 0.3) is 0 Å². The van der Waals surface area contributed by atoms with Crippen LogP contribution in [0.5, 0.6) is 11.5 Å². The average Bonchev–Trinajstić information content (AvgIpc) is 2.77. The van der Waals surface area contributed by atoms with Gasteiger partial charge in [-0.2, -0.15) is 0 Å². The minimum Gasteiger partial charge on any atom is -0.494 e. The first-order chi connectivity index (χ1) is 14.5. The molecule has 0 bridgehead atoms. The summed E-state index contributed by atoms with van der Waals surface area (Å²) >= 11 is 7.02. The maximum atomic E-state index is 12.5. The molecule has 4 nitrogen and oxygen atoms in total. The Morgan fingerprint density at radius 1 is 0.700 bits per heavy atom. The molecule has 2 aromatic carbocycles. The predicted molar refractivity (Wildman–Crippen MR) is 128 cm³/mol. The molecule has 6 heteroatoms. The summed E-state index contributed by atoms with van der Waals surface area (Å²) in [6.45, 7) is 5.06. The Morgan fingerprint density at radius 3 is 1.33 bits per heavy atom. The fraction of sp³-hybridized carbons (Fsp3) is 0.417. The minimum absolute atomic E-state index is 0.0684. The lowest BCUT2D eigenvalue weighted by Gasteiger charge is -2.12. The first kappa shape index (κ1) is 24.6. The smallest absolute Gasteiger partial charge is 0.176 e. The number of hydrogen-bond donors (Lipinski definition) is 0. The van der Waals surface area contributed by atoms with Crippen LogP contribution < -0.4 is 9.47 Å². The van der Waals surface area contributed by atoms with Crippen molar-refractivity contribution >= 4 is 43.4 Å². The monoisotopic (exact) mass is 538 g/mol. The summed E-state index contributed by atoms with van der Waals surface area (Å²) < 4.78 is 10.8. The molecule has 0 saturated heterocycles. The van der Waals surface area contributed by atoms with E-state index in [1.807, 2.05) is 38.1 Å². The molecule has 0 aliphatic heterocycles. The van der Waals surface area contributed by atoms with Crippen molar-refractivity contribution in [2.24, 2.45) is 0 Å². The highest BCUT2D eigenvalue weighted by atomic mass is 79.9.